The molecule has 14 heavy (non-hydrogen) atoms. The Morgan fingerprint density at radius 1 is 1.36 bits per heavy atom. The van der Waals surface area contributed by atoms with Gasteiger partial charge in [-0.05, 0) is 13.8 Å². The van der Waals surface area contributed by atoms with Crippen LogP contribution in [0, 0.1) is 5.92 Å². The van der Waals surface area contributed by atoms with E-state index in [1.165, 1.54) is 12.2 Å². The van der Waals surface area contributed by atoms with Crippen LogP contribution >= 0.6 is 0 Å². The van der Waals surface area contributed by atoms with Gasteiger partial charge >= 0.3 is 0 Å². The van der Waals surface area contributed by atoms with Crippen LogP contribution in [0.4, 0.5) is 0 Å². The van der Waals surface area contributed by atoms with Crippen molar-refractivity contribution in [3.05, 3.63) is 12.2 Å². The Labute approximate surface area is 83.2 Å². The second-order valence-electron chi connectivity index (χ2n) is 4.18. The summed E-state index contributed by atoms with van der Waals surface area (Å²) < 4.78 is 0. The third-order valence-corrected chi connectivity index (χ3v) is 2.56. The number of hydrogen-bond acceptors (Lipinski definition) is 3. The lowest BCUT2D eigenvalue weighted by atomic mass is 9.92. The number of carbonyl (C=O) groups excluding carboxylic acids is 2. The van der Waals surface area contributed by atoms with Gasteiger partial charge in [0.2, 0.25) is 0 Å². The summed E-state index contributed by atoms with van der Waals surface area (Å²) in [5, 5.41) is 9.65. The van der Waals surface area contributed by atoms with Crippen molar-refractivity contribution >= 4 is 11.8 Å². The zero-order valence-corrected chi connectivity index (χ0v) is 8.65. The van der Waals surface area contributed by atoms with E-state index >= 15 is 0 Å². The molecular formula is C10H15NO3. The number of carbonyl (C=O) groups is 2. The molecule has 4 heteroatoms. The monoisotopic (exact) mass is 197 g/mol. The van der Waals surface area contributed by atoms with Crippen LogP contribution in [0.25, 0.3) is 0 Å². The van der Waals surface area contributed by atoms with E-state index in [-0.39, 0.29) is 24.3 Å². The Morgan fingerprint density at radius 3 is 2.14 bits per heavy atom. The molecule has 0 fully saturated rings. The van der Waals surface area contributed by atoms with Crippen molar-refractivity contribution in [2.45, 2.75) is 26.4 Å². The highest BCUT2D eigenvalue weighted by Gasteiger charge is 2.30. The lowest BCUT2D eigenvalue weighted by Gasteiger charge is -2.28. The molecule has 1 unspecified atom stereocenters. The first kappa shape index (κ1) is 10.9. The van der Waals surface area contributed by atoms with Gasteiger partial charge in [0.25, 0.3) is 11.8 Å². The molecule has 0 bridgehead atoms. The lowest BCUT2D eigenvalue weighted by Crippen LogP contribution is -2.41. The second kappa shape index (κ2) is 3.53. The van der Waals surface area contributed by atoms with Crippen LogP contribution in [0.3, 0.4) is 0 Å². The molecule has 1 aliphatic rings. The van der Waals surface area contributed by atoms with Gasteiger partial charge in [0, 0.05) is 24.6 Å². The van der Waals surface area contributed by atoms with E-state index in [1.54, 1.807) is 20.8 Å². The number of aliphatic hydroxyl groups is 1. The zero-order chi connectivity index (χ0) is 10.9. The van der Waals surface area contributed by atoms with Gasteiger partial charge in [0.15, 0.2) is 0 Å². The summed E-state index contributed by atoms with van der Waals surface area (Å²) in [6, 6.07) is 0. The first-order valence-corrected chi connectivity index (χ1v) is 4.58. The van der Waals surface area contributed by atoms with Gasteiger partial charge < -0.3 is 5.11 Å². The summed E-state index contributed by atoms with van der Waals surface area (Å²) in [5.74, 6) is -0.743. The third kappa shape index (κ3) is 2.20. The number of rotatable bonds is 3. The highest BCUT2D eigenvalue weighted by atomic mass is 16.3. The summed E-state index contributed by atoms with van der Waals surface area (Å²) in [5.41, 5.74) is -0.886. The molecule has 0 radical (unpaired) electrons. The zero-order valence-electron chi connectivity index (χ0n) is 8.65. The van der Waals surface area contributed by atoms with Gasteiger partial charge in [0.05, 0.1) is 5.60 Å². The van der Waals surface area contributed by atoms with Gasteiger partial charge in [-0.15, -0.1) is 0 Å². The number of imide groups is 1. The van der Waals surface area contributed by atoms with Gasteiger partial charge in [-0.25, -0.2) is 0 Å². The number of hydrogen-bond donors (Lipinski definition) is 1. The summed E-state index contributed by atoms with van der Waals surface area (Å²) in [6.45, 7) is 5.39. The van der Waals surface area contributed by atoms with E-state index in [9.17, 15) is 14.7 Å². The normalized spacial score (nSPS) is 19.3. The maximum Gasteiger partial charge on any atom is 0.253 e. The molecule has 0 spiro atoms. The molecule has 1 rings (SSSR count). The molecule has 0 saturated heterocycles. The predicted octanol–water partition coefficient (Wildman–Crippen LogP) is 0.318. The smallest absolute Gasteiger partial charge is 0.253 e. The van der Waals surface area contributed by atoms with Crippen LogP contribution in [-0.4, -0.2) is 34.0 Å². The predicted molar refractivity (Wildman–Crippen MR) is 51.3 cm³/mol. The Hall–Kier alpha value is -1.16. The molecule has 2 amide bonds. The molecule has 0 aliphatic carbocycles. The minimum Gasteiger partial charge on any atom is -0.390 e. The van der Waals surface area contributed by atoms with Crippen LogP contribution in [-0.2, 0) is 9.59 Å². The van der Waals surface area contributed by atoms with Crippen molar-refractivity contribution in [1.82, 2.24) is 4.90 Å². The van der Waals surface area contributed by atoms with Crippen molar-refractivity contribution in [1.29, 1.82) is 0 Å². The van der Waals surface area contributed by atoms with E-state index in [1.807, 2.05) is 0 Å². The highest BCUT2D eigenvalue weighted by Crippen LogP contribution is 2.18. The molecule has 1 N–H and O–H groups in total. The standard InChI is InChI=1S/C10H15NO3/c1-7(10(2,3)14)6-11-8(12)4-5-9(11)13/h4-5,7,14H,6H2,1-3H3. The van der Waals surface area contributed by atoms with E-state index in [4.69, 9.17) is 0 Å². The van der Waals surface area contributed by atoms with Crippen molar-refractivity contribution in [2.75, 3.05) is 6.54 Å². The average Bonchev–Trinajstić information content (AvgIpc) is 2.34. The molecule has 1 aliphatic heterocycles. The second-order valence-corrected chi connectivity index (χ2v) is 4.18. The maximum absolute atomic E-state index is 11.2. The quantitative estimate of drug-likeness (QED) is 0.663. The Bertz CT molecular complexity index is 270. The molecule has 78 valence electrons. The molecule has 4 nitrogen and oxygen atoms in total. The Morgan fingerprint density at radius 2 is 1.79 bits per heavy atom. The molecular weight excluding hydrogens is 182 g/mol. The van der Waals surface area contributed by atoms with Crippen molar-refractivity contribution in [3.63, 3.8) is 0 Å². The Kier molecular flexibility index (Phi) is 2.76. The first-order chi connectivity index (χ1) is 6.32. The number of nitrogens with zero attached hydrogens (tertiary/aromatic N) is 1. The largest absolute Gasteiger partial charge is 0.390 e. The molecule has 0 aromatic heterocycles. The fraction of sp³-hybridized carbons (Fsp3) is 0.600. The molecule has 0 aromatic rings. The fourth-order valence-corrected chi connectivity index (χ4v) is 1.11. The van der Waals surface area contributed by atoms with Gasteiger partial charge in [-0.2, -0.15) is 0 Å². The van der Waals surface area contributed by atoms with E-state index in [2.05, 4.69) is 0 Å². The molecule has 0 saturated carbocycles. The maximum atomic E-state index is 11.2. The van der Waals surface area contributed by atoms with Crippen molar-refractivity contribution in [2.24, 2.45) is 5.92 Å². The van der Waals surface area contributed by atoms with Crippen LogP contribution in [0.2, 0.25) is 0 Å². The highest BCUT2D eigenvalue weighted by molar-refractivity contribution is 6.12. The summed E-state index contributed by atoms with van der Waals surface area (Å²) in [7, 11) is 0. The van der Waals surface area contributed by atoms with Crippen LogP contribution in [0.15, 0.2) is 12.2 Å². The number of amides is 2. The van der Waals surface area contributed by atoms with Crippen molar-refractivity contribution < 1.29 is 14.7 Å². The van der Waals surface area contributed by atoms with Crippen LogP contribution in [0.1, 0.15) is 20.8 Å². The average molecular weight is 197 g/mol. The van der Waals surface area contributed by atoms with Crippen molar-refractivity contribution in [3.8, 4) is 0 Å². The minimum absolute atomic E-state index is 0.143. The summed E-state index contributed by atoms with van der Waals surface area (Å²) in [4.78, 5) is 23.5. The molecule has 1 atom stereocenters. The third-order valence-electron chi connectivity index (χ3n) is 2.56. The minimum atomic E-state index is -0.886. The topological polar surface area (TPSA) is 57.6 Å². The van der Waals surface area contributed by atoms with Crippen LogP contribution in [0.5, 0.6) is 0 Å². The molecule has 1 heterocycles. The van der Waals surface area contributed by atoms with E-state index in [0.717, 1.165) is 4.90 Å². The van der Waals surface area contributed by atoms with E-state index < -0.39 is 5.60 Å². The van der Waals surface area contributed by atoms with Crippen LogP contribution < -0.4 is 0 Å². The Balaban J connectivity index is 2.62. The fourth-order valence-electron chi connectivity index (χ4n) is 1.11. The van der Waals surface area contributed by atoms with E-state index in [0.29, 0.717) is 0 Å². The first-order valence-electron chi connectivity index (χ1n) is 4.58. The summed E-state index contributed by atoms with van der Waals surface area (Å²) >= 11 is 0. The summed E-state index contributed by atoms with van der Waals surface area (Å²) in [6.07, 6.45) is 2.50. The SMILES string of the molecule is CC(CN1C(=O)C=CC1=O)C(C)(C)O. The molecule has 0 aromatic carbocycles. The van der Waals surface area contributed by atoms with Gasteiger partial charge in [-0.1, -0.05) is 6.92 Å². The van der Waals surface area contributed by atoms with Gasteiger partial charge in [0.1, 0.15) is 0 Å². The lowest BCUT2D eigenvalue weighted by molar-refractivity contribution is -0.138. The van der Waals surface area contributed by atoms with Gasteiger partial charge in [-0.3, -0.25) is 14.5 Å².